The van der Waals surface area contributed by atoms with Crippen LogP contribution in [0.3, 0.4) is 0 Å². The van der Waals surface area contributed by atoms with Crippen molar-refractivity contribution in [1.29, 1.82) is 0 Å². The predicted octanol–water partition coefficient (Wildman–Crippen LogP) is 36.8. The fraction of sp³-hybridized carbons (Fsp3) is 0.103. The first-order valence-electron chi connectivity index (χ1n) is 50.2. The van der Waals surface area contributed by atoms with Gasteiger partial charge < -0.3 is 37.7 Å². The van der Waals surface area contributed by atoms with Gasteiger partial charge in [0.05, 0.1) is 5.69 Å². The normalized spacial score (nSPS) is 15.3. The second kappa shape index (κ2) is 32.7. The first-order chi connectivity index (χ1) is 70.4. The monoisotopic (exact) mass is 1860 g/mol. The van der Waals surface area contributed by atoms with Gasteiger partial charge in [-0.25, -0.2) is 0 Å². The van der Waals surface area contributed by atoms with Gasteiger partial charge in [0.25, 0.3) is 0 Å². The summed E-state index contributed by atoms with van der Waals surface area (Å²) in [5, 5.41) is 42.7. The maximum absolute atomic E-state index is 15.3. The summed E-state index contributed by atoms with van der Waals surface area (Å²) in [6, 6.07) is 154. The molecule has 2 atom stereocenters. The number of aliphatic hydroxyl groups is 2. The highest BCUT2D eigenvalue weighted by Gasteiger charge is 2.63. The second-order valence-electron chi connectivity index (χ2n) is 40.8. The van der Waals surface area contributed by atoms with Crippen molar-refractivity contribution in [2.45, 2.75) is 89.4 Å². The molecular weight excluding hydrogens is 1760 g/mol. The molecule has 28 rings (SSSR count). The molecule has 0 fully saturated rings. The number of benzene rings is 21. The van der Waals surface area contributed by atoms with Crippen molar-refractivity contribution < 1.29 is 27.9 Å². The number of hydrogen-bond acceptors (Lipinski definition) is 8. The van der Waals surface area contributed by atoms with Crippen LogP contribution in [-0.2, 0) is 22.2 Å². The summed E-state index contributed by atoms with van der Waals surface area (Å²) in [6.45, 7) is 18.1. The van der Waals surface area contributed by atoms with E-state index in [1.54, 1.807) is 0 Å². The third-order valence-corrected chi connectivity index (χ3v) is 31.6. The van der Waals surface area contributed by atoms with Gasteiger partial charge in [-0.15, -0.1) is 0 Å². The van der Waals surface area contributed by atoms with Crippen LogP contribution in [0.5, 0.6) is 0 Å². The smallest absolute Gasteiger partial charge is 0.207 e. The average Bonchev–Trinajstić information content (AvgIpc) is 1.30. The maximum atomic E-state index is 15.3. The molecule has 8 nitrogen and oxygen atoms in total. The minimum Gasteiger partial charge on any atom is -0.456 e. The van der Waals surface area contributed by atoms with Gasteiger partial charge in [0.1, 0.15) is 44.7 Å². The van der Waals surface area contributed by atoms with Crippen molar-refractivity contribution >= 4 is 138 Å². The topological polar surface area (TPSA) is 99.5 Å². The molecule has 21 aromatic carbocycles. The summed E-state index contributed by atoms with van der Waals surface area (Å²) in [4.78, 5) is 4.49. The highest BCUT2D eigenvalue weighted by Crippen LogP contribution is 2.65. The Hall–Kier alpha value is -17.1. The van der Waals surface area contributed by atoms with Crippen molar-refractivity contribution in [3.05, 3.63) is 487 Å². The van der Waals surface area contributed by atoms with E-state index in [-0.39, 0.29) is 22.7 Å². The van der Waals surface area contributed by atoms with Gasteiger partial charge in [0, 0.05) is 121 Å². The fourth-order valence-electron chi connectivity index (χ4n) is 24.8. The molecular formula is C136H100N2O6. The molecule has 0 amide bonds. The van der Waals surface area contributed by atoms with E-state index in [1.807, 2.05) is 114 Å². The third kappa shape index (κ3) is 12.7. The Bertz CT molecular complexity index is 9530. The summed E-state index contributed by atoms with van der Waals surface area (Å²) in [5.74, 6) is 0.445. The number of fused-ring (bicyclic) bond motifs is 28. The third-order valence-electron chi connectivity index (χ3n) is 31.6. The standard InChI is InChI=1S/C68H51NO4.C68H49NO2/c1-41(2)48-25-16-27-52-61-59(72-64(48)52)39-38-56-62(61)63-55(37-36-53-60-49(44-20-10-6-11-21-44)26-17-29-58(60)73-65(53)63)67(70,45-32-30-43(31-33-45)42-18-8-5-9-19-42)68(56,71)69(46-22-12-7-13-23-46)47-34-35-51-50-24-14-15-28-54(50)66(3,4)57(51)40-47;1-41(2)48-25-16-27-54-62-59(70-66(48)54)39-38-53-63(62)64-52(36-37-55-61-49(44-20-10-6-11-21-44)26-17-29-58(61)71-67(55)64)60(45-32-30-43(31-33-45)42-18-8-5-9-19-42)65(53)69(46-22-12-7-13-23-46)47-34-35-51-50-24-14-15-28-56(50)68(3,4)57(51)40-47/h5-41,70-71H,1-4H3;5-41H,1-4H3. The summed E-state index contributed by atoms with van der Waals surface area (Å²) in [6.07, 6.45) is 0. The summed E-state index contributed by atoms with van der Waals surface area (Å²) in [7, 11) is 0. The Morgan fingerprint density at radius 3 is 1.17 bits per heavy atom. The molecule has 0 bridgehead atoms. The van der Waals surface area contributed by atoms with Gasteiger partial charge in [0.15, 0.2) is 5.60 Å². The minimum atomic E-state index is -2.25. The van der Waals surface area contributed by atoms with E-state index >= 15 is 10.2 Å². The Balaban J connectivity index is 0.000000143. The molecule has 4 heterocycles. The van der Waals surface area contributed by atoms with Crippen LogP contribution in [-0.4, -0.2) is 10.2 Å². The first-order valence-corrected chi connectivity index (χ1v) is 50.2. The molecule has 144 heavy (non-hydrogen) atoms. The van der Waals surface area contributed by atoms with E-state index in [1.165, 1.54) is 50.1 Å². The van der Waals surface area contributed by atoms with Crippen LogP contribution in [0, 0.1) is 0 Å². The van der Waals surface area contributed by atoms with Crippen LogP contribution in [0.15, 0.2) is 454 Å². The molecule has 4 aromatic heterocycles. The Labute approximate surface area is 834 Å². The van der Waals surface area contributed by atoms with E-state index in [0.29, 0.717) is 39.1 Å². The van der Waals surface area contributed by atoms with Gasteiger partial charge in [0.2, 0.25) is 5.72 Å². The summed E-state index contributed by atoms with van der Waals surface area (Å²) >= 11 is 0. The average molecular weight is 1860 g/mol. The molecule has 2 N–H and O–H groups in total. The molecule has 8 heteroatoms. The van der Waals surface area contributed by atoms with Crippen molar-refractivity contribution in [1.82, 2.24) is 0 Å². The lowest BCUT2D eigenvalue weighted by Gasteiger charge is -2.54. The quantitative estimate of drug-likeness (QED) is 0.0821. The summed E-state index contributed by atoms with van der Waals surface area (Å²) < 4.78 is 28.6. The van der Waals surface area contributed by atoms with Gasteiger partial charge >= 0.3 is 0 Å². The fourth-order valence-corrected chi connectivity index (χ4v) is 24.8. The number of rotatable bonds is 14. The molecule has 2 unspecified atom stereocenters. The Morgan fingerprint density at radius 1 is 0.229 bits per heavy atom. The summed E-state index contributed by atoms with van der Waals surface area (Å²) in [5.41, 5.74) is 32.3. The van der Waals surface area contributed by atoms with E-state index in [9.17, 15) is 0 Å². The molecule has 25 aromatic rings. The predicted molar refractivity (Wildman–Crippen MR) is 596 cm³/mol. The van der Waals surface area contributed by atoms with Gasteiger partial charge in [-0.3, -0.25) is 0 Å². The van der Waals surface area contributed by atoms with Crippen LogP contribution >= 0.6 is 0 Å². The Morgan fingerprint density at radius 2 is 0.618 bits per heavy atom. The second-order valence-corrected chi connectivity index (χ2v) is 40.8. The van der Waals surface area contributed by atoms with E-state index in [4.69, 9.17) is 17.7 Å². The molecule has 0 saturated heterocycles. The largest absolute Gasteiger partial charge is 0.456 e. The molecule has 0 aliphatic heterocycles. The lowest BCUT2D eigenvalue weighted by Crippen LogP contribution is -2.61. The molecule has 3 aliphatic carbocycles. The highest BCUT2D eigenvalue weighted by atomic mass is 16.4. The zero-order chi connectivity index (χ0) is 96.9. The van der Waals surface area contributed by atoms with Gasteiger partial charge in [-0.2, -0.15) is 0 Å². The minimum absolute atomic E-state index is 0.176. The zero-order valence-corrected chi connectivity index (χ0v) is 81.1. The van der Waals surface area contributed by atoms with Crippen LogP contribution < -0.4 is 9.80 Å². The lowest BCUT2D eigenvalue weighted by molar-refractivity contribution is -0.136. The van der Waals surface area contributed by atoms with Crippen molar-refractivity contribution in [2.24, 2.45) is 0 Å². The van der Waals surface area contributed by atoms with E-state index in [0.717, 1.165) is 188 Å². The number of furan rings is 4. The van der Waals surface area contributed by atoms with E-state index in [2.05, 4.69) is 388 Å². The zero-order valence-electron chi connectivity index (χ0n) is 81.1. The van der Waals surface area contributed by atoms with Gasteiger partial charge in [-0.05, 0) is 219 Å². The number of para-hydroxylation sites is 4. The first kappa shape index (κ1) is 86.0. The number of hydrogen-bond donors (Lipinski definition) is 2. The molecule has 690 valence electrons. The van der Waals surface area contributed by atoms with E-state index < -0.39 is 11.3 Å². The van der Waals surface area contributed by atoms with Crippen molar-refractivity contribution in [2.75, 3.05) is 9.80 Å². The van der Waals surface area contributed by atoms with Crippen molar-refractivity contribution in [3.8, 4) is 89.0 Å². The van der Waals surface area contributed by atoms with Gasteiger partial charge in [-0.1, -0.05) is 401 Å². The molecule has 0 spiro atoms. The SMILES string of the molecule is CC(C)c1cccc2c1oc1ccc3c(N(c4ccccc4)c4ccc5c(c4)C(C)(C)c4ccccc4-5)c(-c4ccc(-c5ccccc5)cc4)c4ccc5c(oc6cccc(-c7ccccc7)c65)c4c3c12.CC(C)c1cccc2c1oc1ccc3c(c12)-c1c(ccc2c1oc1cccc(-c4ccccc4)c12)C(O)(c1ccc(-c2ccccc2)cc1)C3(O)N(c1ccccc1)c1ccc2c(c1)C(C)(C)c1ccccc1-2. The maximum Gasteiger partial charge on any atom is 0.207 e. The number of anilines is 5. The van der Waals surface area contributed by atoms with Crippen LogP contribution in [0.25, 0.3) is 198 Å². The molecule has 3 aliphatic rings. The van der Waals surface area contributed by atoms with Crippen molar-refractivity contribution in [3.63, 3.8) is 0 Å². The van der Waals surface area contributed by atoms with Crippen LogP contribution in [0.2, 0.25) is 0 Å². The molecule has 0 saturated carbocycles. The Kier molecular flexibility index (Phi) is 19.5. The lowest BCUT2D eigenvalue weighted by atomic mass is 9.64. The van der Waals surface area contributed by atoms with Crippen LogP contribution in [0.4, 0.5) is 28.4 Å². The highest BCUT2D eigenvalue weighted by molar-refractivity contribution is 6.38. The molecule has 0 radical (unpaired) electrons. The number of nitrogens with zero attached hydrogens (tertiary/aromatic N) is 2. The van der Waals surface area contributed by atoms with Crippen LogP contribution in [0.1, 0.15) is 117 Å².